The van der Waals surface area contributed by atoms with Gasteiger partial charge in [-0.05, 0) is 24.8 Å². The van der Waals surface area contributed by atoms with Crippen LogP contribution in [-0.2, 0) is 35.2 Å². The predicted octanol–water partition coefficient (Wildman–Crippen LogP) is -3.67. The van der Waals surface area contributed by atoms with Crippen LogP contribution in [0.5, 0.6) is 0 Å². The summed E-state index contributed by atoms with van der Waals surface area (Å²) in [6.45, 7) is -1.14. The third-order valence-corrected chi connectivity index (χ3v) is 5.77. The number of carboxylic acid groups (broad SMARTS) is 2. The van der Waals surface area contributed by atoms with Crippen LogP contribution in [0.2, 0.25) is 0 Å². The Hall–Kier alpha value is -4.77. The van der Waals surface area contributed by atoms with Gasteiger partial charge in [0.05, 0.1) is 13.2 Å². The molecule has 42 heavy (non-hydrogen) atoms. The molecule has 1 aromatic carbocycles. The van der Waals surface area contributed by atoms with Gasteiger partial charge in [0.25, 0.3) is 0 Å². The molecule has 0 saturated carbocycles. The molecule has 4 atom stereocenters. The number of aliphatic hydroxyl groups is 1. The van der Waals surface area contributed by atoms with Crippen LogP contribution in [0.4, 0.5) is 0 Å². The molecule has 1 aromatic rings. The predicted molar refractivity (Wildman–Crippen MR) is 148 cm³/mol. The van der Waals surface area contributed by atoms with Crippen LogP contribution in [-0.4, -0.2) is 101 Å². The highest BCUT2D eigenvalue weighted by molar-refractivity contribution is 5.94. The van der Waals surface area contributed by atoms with Crippen molar-refractivity contribution in [3.8, 4) is 0 Å². The summed E-state index contributed by atoms with van der Waals surface area (Å²) in [6, 6.07) is 3.35. The van der Waals surface area contributed by atoms with Gasteiger partial charge in [-0.3, -0.25) is 29.4 Å². The van der Waals surface area contributed by atoms with Crippen molar-refractivity contribution < 1.29 is 44.1 Å². The number of aliphatic carboxylic acids is 2. The van der Waals surface area contributed by atoms with Gasteiger partial charge in [0.15, 0.2) is 5.96 Å². The van der Waals surface area contributed by atoms with Crippen LogP contribution < -0.4 is 38.1 Å². The maximum atomic E-state index is 13.2. The molecular weight excluding hydrogens is 556 g/mol. The van der Waals surface area contributed by atoms with Crippen LogP contribution in [0.25, 0.3) is 0 Å². The molecule has 0 spiro atoms. The number of carbonyl (C=O) groups is 6. The Morgan fingerprint density at radius 2 is 1.48 bits per heavy atom. The summed E-state index contributed by atoms with van der Waals surface area (Å²) in [4.78, 5) is 73.0. The third-order valence-electron chi connectivity index (χ3n) is 5.77. The van der Waals surface area contributed by atoms with Crippen molar-refractivity contribution in [3.63, 3.8) is 0 Å². The number of hydrogen-bond donors (Lipinski definition) is 11. The van der Waals surface area contributed by atoms with E-state index >= 15 is 0 Å². The maximum Gasteiger partial charge on any atom is 0.326 e. The molecule has 17 nitrogen and oxygen atoms in total. The lowest BCUT2D eigenvalue weighted by Crippen LogP contribution is -2.57. The Morgan fingerprint density at radius 1 is 0.833 bits per heavy atom. The van der Waals surface area contributed by atoms with Crippen LogP contribution in [0.3, 0.4) is 0 Å². The Bertz CT molecular complexity index is 1100. The highest BCUT2D eigenvalue weighted by Gasteiger charge is 2.29. The minimum atomic E-state index is -1.49. The van der Waals surface area contributed by atoms with E-state index in [9.17, 15) is 39.0 Å². The largest absolute Gasteiger partial charge is 0.481 e. The quantitative estimate of drug-likeness (QED) is 0.0419. The van der Waals surface area contributed by atoms with Crippen molar-refractivity contribution in [2.45, 2.75) is 56.3 Å². The molecule has 0 radical (unpaired) electrons. The molecule has 4 amide bonds. The van der Waals surface area contributed by atoms with Gasteiger partial charge in [-0.1, -0.05) is 30.3 Å². The summed E-state index contributed by atoms with van der Waals surface area (Å²) >= 11 is 0. The van der Waals surface area contributed by atoms with E-state index in [1.165, 1.54) is 0 Å². The SMILES string of the molecule is N=C(N)NCCC[C@H](NC(=O)[C@@H](N)CO)C(=O)N[C@@H](Cc1ccccc1)C(=O)NCC(=O)N[C@@H](CCC(=O)O)C(=O)O. The number of nitrogens with one attached hydrogen (secondary N) is 6. The first kappa shape index (κ1) is 35.3. The molecule has 232 valence electrons. The molecule has 0 aliphatic carbocycles. The van der Waals surface area contributed by atoms with E-state index in [0.29, 0.717) is 5.56 Å². The molecule has 0 aromatic heterocycles. The van der Waals surface area contributed by atoms with Gasteiger partial charge < -0.3 is 53.4 Å². The standard InChI is InChI=1S/C25H38N8O9/c26-15(13-34)21(38)32-16(7-4-10-29-25(27)28)23(40)33-18(11-14-5-2-1-3-6-14)22(39)30-12-19(35)31-17(24(41)42)8-9-20(36)37/h1-3,5-6,15-18,34H,4,7-13,26H2,(H,30,39)(H,31,35)(H,32,38)(H,33,40)(H,36,37)(H,41,42)(H4,27,28,29)/t15-,16-,17-,18-/m0/s1. The number of nitrogens with two attached hydrogens (primary N) is 2. The van der Waals surface area contributed by atoms with Crippen molar-refractivity contribution in [3.05, 3.63) is 35.9 Å². The van der Waals surface area contributed by atoms with Crippen molar-refractivity contribution in [1.29, 1.82) is 5.41 Å². The van der Waals surface area contributed by atoms with Crippen molar-refractivity contribution in [2.75, 3.05) is 19.7 Å². The Balaban J connectivity index is 3.00. The van der Waals surface area contributed by atoms with Crippen molar-refractivity contribution in [2.24, 2.45) is 11.5 Å². The van der Waals surface area contributed by atoms with E-state index in [0.717, 1.165) is 0 Å². The average molecular weight is 595 g/mol. The van der Waals surface area contributed by atoms with Gasteiger partial charge in [-0.15, -0.1) is 0 Å². The van der Waals surface area contributed by atoms with E-state index in [2.05, 4.69) is 26.6 Å². The second-order valence-electron chi connectivity index (χ2n) is 9.19. The number of guanidine groups is 1. The number of carboxylic acids is 2. The molecule has 0 heterocycles. The first-order chi connectivity index (χ1) is 19.8. The molecule has 17 heteroatoms. The molecule has 0 bridgehead atoms. The summed E-state index contributed by atoms with van der Waals surface area (Å²) in [7, 11) is 0. The number of hydrogen-bond acceptors (Lipinski definition) is 9. The smallest absolute Gasteiger partial charge is 0.326 e. The zero-order valence-electron chi connectivity index (χ0n) is 22.8. The third kappa shape index (κ3) is 14.0. The Kier molecular flexibility index (Phi) is 15.6. The summed E-state index contributed by atoms with van der Waals surface area (Å²) in [6.07, 6.45) is -0.564. The fourth-order valence-electron chi connectivity index (χ4n) is 3.55. The minimum absolute atomic E-state index is 0.0148. The fourth-order valence-corrected chi connectivity index (χ4v) is 3.55. The average Bonchev–Trinajstić information content (AvgIpc) is 2.94. The fraction of sp³-hybridized carbons (Fsp3) is 0.480. The minimum Gasteiger partial charge on any atom is -0.481 e. The number of benzene rings is 1. The molecule has 0 unspecified atom stereocenters. The number of aliphatic hydroxyl groups excluding tert-OH is 1. The summed E-state index contributed by atoms with van der Waals surface area (Å²) in [5.41, 5.74) is 11.4. The number of carbonyl (C=O) groups excluding carboxylic acids is 4. The van der Waals surface area contributed by atoms with Crippen LogP contribution in [0, 0.1) is 5.41 Å². The van der Waals surface area contributed by atoms with E-state index in [4.69, 9.17) is 22.0 Å². The first-order valence-electron chi connectivity index (χ1n) is 12.9. The van der Waals surface area contributed by atoms with Gasteiger partial charge in [0.1, 0.15) is 24.2 Å². The summed E-state index contributed by atoms with van der Waals surface area (Å²) in [5.74, 6) is -6.25. The second-order valence-corrected chi connectivity index (χ2v) is 9.19. The molecule has 0 aliphatic heterocycles. The topological polar surface area (TPSA) is 299 Å². The Labute approximate surface area is 241 Å². The number of amides is 4. The molecule has 0 aliphatic rings. The zero-order chi connectivity index (χ0) is 31.7. The highest BCUT2D eigenvalue weighted by Crippen LogP contribution is 2.06. The zero-order valence-corrected chi connectivity index (χ0v) is 22.8. The maximum absolute atomic E-state index is 13.2. The van der Waals surface area contributed by atoms with E-state index in [1.54, 1.807) is 30.3 Å². The van der Waals surface area contributed by atoms with E-state index < -0.39 is 79.3 Å². The first-order valence-corrected chi connectivity index (χ1v) is 12.9. The van der Waals surface area contributed by atoms with Crippen molar-refractivity contribution >= 4 is 41.5 Å². The highest BCUT2D eigenvalue weighted by atomic mass is 16.4. The van der Waals surface area contributed by atoms with E-state index in [-0.39, 0.29) is 38.2 Å². The van der Waals surface area contributed by atoms with Crippen LogP contribution in [0.1, 0.15) is 31.2 Å². The number of rotatable bonds is 19. The monoisotopic (exact) mass is 594 g/mol. The normalized spacial score (nSPS) is 13.4. The van der Waals surface area contributed by atoms with Gasteiger partial charge in [-0.2, -0.15) is 0 Å². The van der Waals surface area contributed by atoms with Gasteiger partial charge in [0, 0.05) is 19.4 Å². The van der Waals surface area contributed by atoms with Crippen LogP contribution in [0.15, 0.2) is 30.3 Å². The van der Waals surface area contributed by atoms with E-state index in [1.807, 2.05) is 0 Å². The molecule has 0 saturated heterocycles. The lowest BCUT2D eigenvalue weighted by molar-refractivity contribution is -0.143. The Morgan fingerprint density at radius 3 is 2.05 bits per heavy atom. The molecule has 0 fully saturated rings. The van der Waals surface area contributed by atoms with Gasteiger partial charge in [0.2, 0.25) is 23.6 Å². The van der Waals surface area contributed by atoms with Gasteiger partial charge >= 0.3 is 11.9 Å². The second kappa shape index (κ2) is 18.6. The van der Waals surface area contributed by atoms with Crippen LogP contribution >= 0.6 is 0 Å². The summed E-state index contributed by atoms with van der Waals surface area (Å²) < 4.78 is 0. The van der Waals surface area contributed by atoms with Gasteiger partial charge in [-0.25, -0.2) is 4.79 Å². The lowest BCUT2D eigenvalue weighted by atomic mass is 10.0. The summed E-state index contributed by atoms with van der Waals surface area (Å²) in [5, 5.41) is 46.4. The molecule has 13 N–H and O–H groups in total. The lowest BCUT2D eigenvalue weighted by Gasteiger charge is -2.24. The molecule has 1 rings (SSSR count). The van der Waals surface area contributed by atoms with Crippen molar-refractivity contribution in [1.82, 2.24) is 26.6 Å². The molecular formula is C25H38N8O9.